The molecule has 0 saturated heterocycles. The predicted molar refractivity (Wildman–Crippen MR) is 91.0 cm³/mol. The van der Waals surface area contributed by atoms with Gasteiger partial charge in [0.15, 0.2) is 5.96 Å². The molecule has 4 nitrogen and oxygen atoms in total. The summed E-state index contributed by atoms with van der Waals surface area (Å²) in [5.41, 5.74) is 1.13. The average Bonchev–Trinajstić information content (AvgIpc) is 2.81. The fraction of sp³-hybridized carbons (Fsp3) is 0.750. The lowest BCUT2D eigenvalue weighted by molar-refractivity contribution is 0.298. The predicted octanol–water partition coefficient (Wildman–Crippen LogP) is 3.39. The lowest BCUT2D eigenvalue weighted by Crippen LogP contribution is -2.44. The van der Waals surface area contributed by atoms with Gasteiger partial charge < -0.3 is 10.6 Å². The van der Waals surface area contributed by atoms with Crippen molar-refractivity contribution in [3.05, 3.63) is 15.6 Å². The Bertz CT molecular complexity index is 481. The molecule has 1 aliphatic carbocycles. The number of guanidine groups is 1. The monoisotopic (exact) mass is 308 g/mol. The van der Waals surface area contributed by atoms with E-state index in [1.54, 1.807) is 11.3 Å². The number of hydrogen-bond donors (Lipinski definition) is 2. The highest BCUT2D eigenvalue weighted by molar-refractivity contribution is 7.11. The molecule has 0 amide bonds. The fourth-order valence-corrected chi connectivity index (χ4v) is 3.96. The van der Waals surface area contributed by atoms with Crippen LogP contribution in [0.15, 0.2) is 4.99 Å². The molecule has 118 valence electrons. The SMILES string of the molecule is CCC1CCCC(NC(=NC)NCc2sc(C)nc2C)C1. The maximum Gasteiger partial charge on any atom is 0.191 e. The number of rotatable bonds is 4. The summed E-state index contributed by atoms with van der Waals surface area (Å²) < 4.78 is 0. The topological polar surface area (TPSA) is 49.3 Å². The van der Waals surface area contributed by atoms with E-state index in [2.05, 4.69) is 41.4 Å². The molecule has 0 aliphatic heterocycles. The van der Waals surface area contributed by atoms with Gasteiger partial charge in [0.05, 0.1) is 17.2 Å². The second-order valence-corrected chi connectivity index (χ2v) is 7.24. The van der Waals surface area contributed by atoms with Gasteiger partial charge in [-0.3, -0.25) is 4.99 Å². The fourth-order valence-electron chi connectivity index (χ4n) is 3.08. The molecule has 0 radical (unpaired) electrons. The third-order valence-electron chi connectivity index (χ3n) is 4.34. The van der Waals surface area contributed by atoms with Gasteiger partial charge in [0.25, 0.3) is 0 Å². The van der Waals surface area contributed by atoms with Gasteiger partial charge in [0.2, 0.25) is 0 Å². The van der Waals surface area contributed by atoms with E-state index in [9.17, 15) is 0 Å². The molecule has 2 atom stereocenters. The first kappa shape index (κ1) is 16.3. The van der Waals surface area contributed by atoms with E-state index in [1.807, 2.05) is 7.05 Å². The minimum absolute atomic E-state index is 0.569. The molecular weight excluding hydrogens is 280 g/mol. The molecule has 1 heterocycles. The average molecular weight is 308 g/mol. The van der Waals surface area contributed by atoms with E-state index in [1.165, 1.54) is 37.0 Å². The van der Waals surface area contributed by atoms with Crippen molar-refractivity contribution in [1.29, 1.82) is 0 Å². The van der Waals surface area contributed by atoms with Crippen molar-refractivity contribution in [2.45, 2.75) is 65.5 Å². The van der Waals surface area contributed by atoms with Crippen molar-refractivity contribution >= 4 is 17.3 Å². The molecule has 21 heavy (non-hydrogen) atoms. The van der Waals surface area contributed by atoms with Gasteiger partial charge in [0, 0.05) is 18.0 Å². The summed E-state index contributed by atoms with van der Waals surface area (Å²) in [5, 5.41) is 8.15. The summed E-state index contributed by atoms with van der Waals surface area (Å²) in [6, 6.07) is 0.569. The second kappa shape index (κ2) is 7.78. The smallest absolute Gasteiger partial charge is 0.191 e. The minimum Gasteiger partial charge on any atom is -0.354 e. The summed E-state index contributed by atoms with van der Waals surface area (Å²) in [4.78, 5) is 10.1. The first-order valence-electron chi connectivity index (χ1n) is 8.02. The highest BCUT2D eigenvalue weighted by Gasteiger charge is 2.21. The molecule has 2 rings (SSSR count). The molecule has 0 aromatic carbocycles. The Hall–Kier alpha value is -1.10. The van der Waals surface area contributed by atoms with E-state index in [-0.39, 0.29) is 0 Å². The molecular formula is C16H28N4S. The Labute approximate surface area is 132 Å². The van der Waals surface area contributed by atoms with Gasteiger partial charge in [-0.1, -0.05) is 26.2 Å². The number of aromatic nitrogens is 1. The number of nitrogens with one attached hydrogen (secondary N) is 2. The second-order valence-electron chi connectivity index (χ2n) is 5.95. The molecule has 1 aromatic heterocycles. The zero-order valence-electron chi connectivity index (χ0n) is 13.7. The van der Waals surface area contributed by atoms with Gasteiger partial charge in [-0.15, -0.1) is 11.3 Å². The van der Waals surface area contributed by atoms with Crippen LogP contribution in [0.2, 0.25) is 0 Å². The third kappa shape index (κ3) is 4.70. The van der Waals surface area contributed by atoms with Crippen LogP contribution in [0.1, 0.15) is 54.6 Å². The number of aryl methyl sites for hydroxylation is 2. The van der Waals surface area contributed by atoms with Gasteiger partial charge in [0.1, 0.15) is 0 Å². The Morgan fingerprint density at radius 3 is 2.81 bits per heavy atom. The highest BCUT2D eigenvalue weighted by Crippen LogP contribution is 2.26. The summed E-state index contributed by atoms with van der Waals surface area (Å²) in [6.45, 7) is 7.24. The van der Waals surface area contributed by atoms with E-state index >= 15 is 0 Å². The number of nitrogens with zero attached hydrogens (tertiary/aromatic N) is 2. The van der Waals surface area contributed by atoms with E-state index in [0.717, 1.165) is 29.1 Å². The molecule has 1 aromatic rings. The highest BCUT2D eigenvalue weighted by atomic mass is 32.1. The quantitative estimate of drug-likeness (QED) is 0.662. The van der Waals surface area contributed by atoms with Crippen LogP contribution >= 0.6 is 11.3 Å². The van der Waals surface area contributed by atoms with Gasteiger partial charge in [-0.2, -0.15) is 0 Å². The maximum absolute atomic E-state index is 4.47. The van der Waals surface area contributed by atoms with Crippen LogP contribution in [0.3, 0.4) is 0 Å². The van der Waals surface area contributed by atoms with Gasteiger partial charge in [-0.05, 0) is 32.6 Å². The lowest BCUT2D eigenvalue weighted by atomic mass is 9.84. The molecule has 1 aliphatic rings. The van der Waals surface area contributed by atoms with Gasteiger partial charge >= 0.3 is 0 Å². The number of aliphatic imine (C=N–C) groups is 1. The first-order chi connectivity index (χ1) is 10.1. The molecule has 5 heteroatoms. The summed E-state index contributed by atoms with van der Waals surface area (Å²) >= 11 is 1.76. The van der Waals surface area contributed by atoms with Crippen LogP contribution in [0, 0.1) is 19.8 Å². The minimum atomic E-state index is 0.569. The summed E-state index contributed by atoms with van der Waals surface area (Å²) in [7, 11) is 1.85. The number of hydrogen-bond acceptors (Lipinski definition) is 3. The van der Waals surface area contributed by atoms with Crippen LogP contribution in [-0.4, -0.2) is 24.0 Å². The van der Waals surface area contributed by atoms with Gasteiger partial charge in [-0.25, -0.2) is 4.98 Å². The lowest BCUT2D eigenvalue weighted by Gasteiger charge is -2.30. The standard InChI is InChI=1S/C16H28N4S/c1-5-13-7-6-8-14(9-13)20-16(17-4)18-10-15-11(2)19-12(3)21-15/h13-14H,5-10H2,1-4H3,(H2,17,18,20). The Balaban J connectivity index is 1.84. The Morgan fingerprint density at radius 1 is 1.38 bits per heavy atom. The first-order valence-corrected chi connectivity index (χ1v) is 8.84. The van der Waals surface area contributed by atoms with Crippen molar-refractivity contribution in [2.24, 2.45) is 10.9 Å². The molecule has 0 spiro atoms. The molecule has 1 saturated carbocycles. The van der Waals surface area contributed by atoms with Crippen LogP contribution in [0.5, 0.6) is 0 Å². The third-order valence-corrected chi connectivity index (χ3v) is 5.41. The summed E-state index contributed by atoms with van der Waals surface area (Å²) in [6.07, 6.45) is 6.55. The zero-order chi connectivity index (χ0) is 15.2. The Kier molecular flexibility index (Phi) is 6.03. The molecule has 1 fully saturated rings. The summed E-state index contributed by atoms with van der Waals surface area (Å²) in [5.74, 6) is 1.79. The van der Waals surface area contributed by atoms with E-state index < -0.39 is 0 Å². The van der Waals surface area contributed by atoms with Crippen molar-refractivity contribution < 1.29 is 0 Å². The van der Waals surface area contributed by atoms with E-state index in [0.29, 0.717) is 6.04 Å². The van der Waals surface area contributed by atoms with Crippen LogP contribution in [-0.2, 0) is 6.54 Å². The number of thiazole rings is 1. The van der Waals surface area contributed by atoms with Crippen molar-refractivity contribution in [1.82, 2.24) is 15.6 Å². The van der Waals surface area contributed by atoms with Crippen LogP contribution in [0.4, 0.5) is 0 Å². The molecule has 0 bridgehead atoms. The van der Waals surface area contributed by atoms with Crippen molar-refractivity contribution in [3.63, 3.8) is 0 Å². The van der Waals surface area contributed by atoms with Crippen molar-refractivity contribution in [3.8, 4) is 0 Å². The van der Waals surface area contributed by atoms with Crippen LogP contribution < -0.4 is 10.6 Å². The normalized spacial score (nSPS) is 23.1. The molecule has 2 unspecified atom stereocenters. The largest absolute Gasteiger partial charge is 0.354 e. The molecule has 2 N–H and O–H groups in total. The maximum atomic E-state index is 4.47. The Morgan fingerprint density at radius 2 is 2.19 bits per heavy atom. The zero-order valence-corrected chi connectivity index (χ0v) is 14.5. The van der Waals surface area contributed by atoms with Crippen LogP contribution in [0.25, 0.3) is 0 Å². The van der Waals surface area contributed by atoms with E-state index in [4.69, 9.17) is 0 Å². The van der Waals surface area contributed by atoms with Crippen molar-refractivity contribution in [2.75, 3.05) is 7.05 Å².